The van der Waals surface area contributed by atoms with Crippen molar-refractivity contribution >= 4 is 11.7 Å². The lowest BCUT2D eigenvalue weighted by Gasteiger charge is -2.23. The van der Waals surface area contributed by atoms with Gasteiger partial charge in [0.2, 0.25) is 0 Å². The highest BCUT2D eigenvalue weighted by Crippen LogP contribution is 2.33. The maximum atomic E-state index is 12.7. The van der Waals surface area contributed by atoms with Gasteiger partial charge in [-0.25, -0.2) is 4.79 Å². The summed E-state index contributed by atoms with van der Waals surface area (Å²) >= 11 is 0. The Balaban J connectivity index is 1.67. The average molecular weight is 343 g/mol. The quantitative estimate of drug-likeness (QED) is 0.864. The van der Waals surface area contributed by atoms with Crippen molar-refractivity contribution in [1.29, 1.82) is 0 Å². The number of hydrogen-bond donors (Lipinski definition) is 1. The predicted molar refractivity (Wildman–Crippen MR) is 95.9 cm³/mol. The SMILES string of the molecule is CCOc1ccc(NC(=O)N2CCC[C@@H]2c2cc(C(C)C)on2)cc1. The number of rotatable bonds is 5. The summed E-state index contributed by atoms with van der Waals surface area (Å²) in [5.74, 6) is 1.94. The monoisotopic (exact) mass is 343 g/mol. The van der Waals surface area contributed by atoms with Gasteiger partial charge in [0.1, 0.15) is 17.2 Å². The number of ether oxygens (including phenoxy) is 1. The fourth-order valence-corrected chi connectivity index (χ4v) is 3.05. The van der Waals surface area contributed by atoms with Gasteiger partial charge in [0.25, 0.3) is 0 Å². The lowest BCUT2D eigenvalue weighted by molar-refractivity contribution is 0.204. The topological polar surface area (TPSA) is 67.6 Å². The molecule has 25 heavy (non-hydrogen) atoms. The lowest BCUT2D eigenvalue weighted by atomic mass is 10.1. The first kappa shape index (κ1) is 17.3. The van der Waals surface area contributed by atoms with Crippen LogP contribution in [0.2, 0.25) is 0 Å². The third kappa shape index (κ3) is 3.95. The van der Waals surface area contributed by atoms with E-state index in [9.17, 15) is 4.79 Å². The van der Waals surface area contributed by atoms with E-state index in [0.717, 1.165) is 42.3 Å². The van der Waals surface area contributed by atoms with E-state index in [2.05, 4.69) is 24.3 Å². The molecule has 134 valence electrons. The summed E-state index contributed by atoms with van der Waals surface area (Å²) in [6.07, 6.45) is 1.87. The lowest BCUT2D eigenvalue weighted by Crippen LogP contribution is -2.34. The Bertz CT molecular complexity index is 709. The van der Waals surface area contributed by atoms with Gasteiger partial charge >= 0.3 is 6.03 Å². The molecule has 1 aromatic carbocycles. The number of urea groups is 1. The van der Waals surface area contributed by atoms with Gasteiger partial charge in [0.05, 0.1) is 12.6 Å². The highest BCUT2D eigenvalue weighted by atomic mass is 16.5. The second kappa shape index (κ2) is 7.59. The van der Waals surface area contributed by atoms with Crippen molar-refractivity contribution in [1.82, 2.24) is 10.1 Å². The molecule has 1 aliphatic heterocycles. The van der Waals surface area contributed by atoms with Gasteiger partial charge in [-0.15, -0.1) is 0 Å². The number of hydrogen-bond acceptors (Lipinski definition) is 4. The smallest absolute Gasteiger partial charge is 0.322 e. The van der Waals surface area contributed by atoms with Crippen LogP contribution in [0, 0.1) is 0 Å². The second-order valence-corrected chi connectivity index (χ2v) is 6.55. The van der Waals surface area contributed by atoms with Crippen LogP contribution in [0.25, 0.3) is 0 Å². The number of benzene rings is 1. The van der Waals surface area contributed by atoms with Crippen molar-refractivity contribution < 1.29 is 14.1 Å². The van der Waals surface area contributed by atoms with Crippen LogP contribution in [0.3, 0.4) is 0 Å². The zero-order chi connectivity index (χ0) is 17.8. The molecule has 0 spiro atoms. The van der Waals surface area contributed by atoms with Crippen LogP contribution in [0.5, 0.6) is 5.75 Å². The maximum Gasteiger partial charge on any atom is 0.322 e. The van der Waals surface area contributed by atoms with Crippen molar-refractivity contribution in [3.05, 3.63) is 41.8 Å². The standard InChI is InChI=1S/C19H25N3O3/c1-4-24-15-9-7-14(8-10-15)20-19(23)22-11-5-6-17(22)16-12-18(13(2)3)25-21-16/h7-10,12-13,17H,4-6,11H2,1-3H3,(H,20,23)/t17-/m1/s1. The summed E-state index contributed by atoms with van der Waals surface area (Å²) in [4.78, 5) is 14.5. The van der Waals surface area contributed by atoms with E-state index >= 15 is 0 Å². The summed E-state index contributed by atoms with van der Waals surface area (Å²) in [7, 11) is 0. The Morgan fingerprint density at radius 2 is 2.16 bits per heavy atom. The molecule has 6 nitrogen and oxygen atoms in total. The van der Waals surface area contributed by atoms with Crippen molar-refractivity contribution in [2.75, 3.05) is 18.5 Å². The Labute approximate surface area is 148 Å². The van der Waals surface area contributed by atoms with Crippen LogP contribution in [-0.2, 0) is 0 Å². The van der Waals surface area contributed by atoms with Gasteiger partial charge in [-0.05, 0) is 44.0 Å². The third-order valence-corrected chi connectivity index (χ3v) is 4.39. The third-order valence-electron chi connectivity index (χ3n) is 4.39. The molecule has 1 aromatic heterocycles. The molecular formula is C19H25N3O3. The number of amides is 2. The van der Waals surface area contributed by atoms with Crippen LogP contribution in [0.15, 0.2) is 34.9 Å². The highest BCUT2D eigenvalue weighted by molar-refractivity contribution is 5.89. The predicted octanol–water partition coefficient (Wildman–Crippen LogP) is 4.57. The molecule has 0 bridgehead atoms. The van der Waals surface area contributed by atoms with E-state index in [0.29, 0.717) is 6.61 Å². The number of aromatic nitrogens is 1. The van der Waals surface area contributed by atoms with Crippen molar-refractivity contribution in [2.45, 2.75) is 45.6 Å². The van der Waals surface area contributed by atoms with Crippen molar-refractivity contribution in [3.8, 4) is 5.75 Å². The summed E-state index contributed by atoms with van der Waals surface area (Å²) < 4.78 is 10.8. The first-order valence-electron chi connectivity index (χ1n) is 8.85. The second-order valence-electron chi connectivity index (χ2n) is 6.55. The fraction of sp³-hybridized carbons (Fsp3) is 0.474. The van der Waals surface area contributed by atoms with E-state index in [1.165, 1.54) is 0 Å². The average Bonchev–Trinajstić information content (AvgIpc) is 3.25. The molecule has 1 aliphatic rings. The zero-order valence-electron chi connectivity index (χ0n) is 15.0. The van der Waals surface area contributed by atoms with Crippen LogP contribution < -0.4 is 10.1 Å². The summed E-state index contributed by atoms with van der Waals surface area (Å²) in [6.45, 7) is 7.41. The van der Waals surface area contributed by atoms with Gasteiger partial charge < -0.3 is 19.5 Å². The zero-order valence-corrected chi connectivity index (χ0v) is 15.0. The van der Waals surface area contributed by atoms with E-state index in [1.54, 1.807) is 0 Å². The molecule has 1 atom stereocenters. The molecule has 1 saturated heterocycles. The Morgan fingerprint density at radius 1 is 1.40 bits per heavy atom. The molecule has 0 saturated carbocycles. The fourth-order valence-electron chi connectivity index (χ4n) is 3.05. The maximum absolute atomic E-state index is 12.7. The number of carbonyl (C=O) groups excluding carboxylic acids is 1. The summed E-state index contributed by atoms with van der Waals surface area (Å²) in [5, 5.41) is 7.13. The number of nitrogens with one attached hydrogen (secondary N) is 1. The first-order valence-corrected chi connectivity index (χ1v) is 8.85. The highest BCUT2D eigenvalue weighted by Gasteiger charge is 2.32. The number of nitrogens with zero attached hydrogens (tertiary/aromatic N) is 2. The van der Waals surface area contributed by atoms with Crippen LogP contribution in [0.1, 0.15) is 57.0 Å². The summed E-state index contributed by atoms with van der Waals surface area (Å²) in [6, 6.07) is 9.24. The van der Waals surface area contributed by atoms with E-state index < -0.39 is 0 Å². The largest absolute Gasteiger partial charge is 0.494 e. The molecule has 3 rings (SSSR count). The van der Waals surface area contributed by atoms with Crippen molar-refractivity contribution in [3.63, 3.8) is 0 Å². The minimum atomic E-state index is -0.110. The number of anilines is 1. The normalized spacial score (nSPS) is 17.1. The minimum Gasteiger partial charge on any atom is -0.494 e. The number of carbonyl (C=O) groups is 1. The van der Waals surface area contributed by atoms with Gasteiger partial charge in [0, 0.05) is 24.2 Å². The molecule has 0 unspecified atom stereocenters. The molecule has 2 amide bonds. The van der Waals surface area contributed by atoms with Crippen LogP contribution in [-0.4, -0.2) is 29.2 Å². The van der Waals surface area contributed by atoms with Gasteiger partial charge in [-0.2, -0.15) is 0 Å². The van der Waals surface area contributed by atoms with Gasteiger partial charge in [0.15, 0.2) is 0 Å². The number of likely N-dealkylation sites (tertiary alicyclic amines) is 1. The molecule has 2 heterocycles. The molecule has 1 N–H and O–H groups in total. The van der Waals surface area contributed by atoms with E-state index in [-0.39, 0.29) is 18.0 Å². The van der Waals surface area contributed by atoms with Crippen LogP contribution in [0.4, 0.5) is 10.5 Å². The first-order chi connectivity index (χ1) is 12.1. The Hall–Kier alpha value is -2.50. The van der Waals surface area contributed by atoms with Crippen LogP contribution >= 0.6 is 0 Å². The molecule has 0 radical (unpaired) electrons. The molecule has 2 aromatic rings. The van der Waals surface area contributed by atoms with Gasteiger partial charge in [-0.3, -0.25) is 0 Å². The van der Waals surface area contributed by atoms with E-state index in [4.69, 9.17) is 9.26 Å². The minimum absolute atomic E-state index is 0.0288. The van der Waals surface area contributed by atoms with Crippen molar-refractivity contribution in [2.24, 2.45) is 0 Å². The molecular weight excluding hydrogens is 318 g/mol. The van der Waals surface area contributed by atoms with E-state index in [1.807, 2.05) is 42.2 Å². The Kier molecular flexibility index (Phi) is 5.26. The summed E-state index contributed by atoms with van der Waals surface area (Å²) in [5.41, 5.74) is 1.59. The molecule has 6 heteroatoms. The molecule has 1 fully saturated rings. The Morgan fingerprint density at radius 3 is 2.80 bits per heavy atom. The van der Waals surface area contributed by atoms with Gasteiger partial charge in [-0.1, -0.05) is 19.0 Å². The molecule has 0 aliphatic carbocycles.